The molecule has 7 nitrogen and oxygen atoms in total. The van der Waals surface area contributed by atoms with Crippen molar-refractivity contribution < 1.29 is 8.42 Å². The molecule has 9 heteroatoms. The summed E-state index contributed by atoms with van der Waals surface area (Å²) in [5.74, 6) is 2.25. The van der Waals surface area contributed by atoms with Gasteiger partial charge in [-0.2, -0.15) is 4.98 Å². The second-order valence-electron chi connectivity index (χ2n) is 10.2. The second-order valence-corrected chi connectivity index (χ2v) is 12.8. The zero-order valence-electron chi connectivity index (χ0n) is 22.0. The van der Waals surface area contributed by atoms with Gasteiger partial charge in [0.15, 0.2) is 0 Å². The van der Waals surface area contributed by atoms with Crippen LogP contribution in [0.1, 0.15) is 38.2 Å². The number of anilines is 3. The van der Waals surface area contributed by atoms with Crippen molar-refractivity contribution in [1.29, 1.82) is 0 Å². The summed E-state index contributed by atoms with van der Waals surface area (Å²) >= 11 is 3.35. The highest BCUT2D eigenvalue weighted by Gasteiger charge is 2.23. The van der Waals surface area contributed by atoms with Crippen LogP contribution >= 0.6 is 15.9 Å². The molecule has 0 amide bonds. The van der Waals surface area contributed by atoms with Crippen LogP contribution in [0.4, 0.5) is 17.5 Å². The first-order valence-corrected chi connectivity index (χ1v) is 15.8. The zero-order valence-corrected chi connectivity index (χ0v) is 24.4. The second kappa shape index (κ2) is 12.4. The molecule has 1 saturated carbocycles. The summed E-state index contributed by atoms with van der Waals surface area (Å²) in [6.45, 7) is 3.42. The lowest BCUT2D eigenvalue weighted by Gasteiger charge is -2.28. The Bertz CT molecular complexity index is 1500. The summed E-state index contributed by atoms with van der Waals surface area (Å²) < 4.78 is 28.9. The molecule has 5 rings (SSSR count). The highest BCUT2D eigenvalue weighted by atomic mass is 79.9. The number of aromatic nitrogens is 2. The standard InChI is InChI=1S/C30H34BrN5O2S/c1-2-21-11-15-25(16-12-21)34-29-27-5-3-4-6-28(27)35-30(36-29)32-19-22-7-9-23(10-8-22)20-33-39(37,38)26-17-13-24(31)14-18-26/h3-6,11-18,22-23,33H,2,7-10,19-20H2,1H3,(H2,32,34,35,36). The monoisotopic (exact) mass is 607 g/mol. The summed E-state index contributed by atoms with van der Waals surface area (Å²) in [4.78, 5) is 9.87. The first-order valence-electron chi connectivity index (χ1n) is 13.5. The first-order chi connectivity index (χ1) is 18.9. The molecule has 204 valence electrons. The average Bonchev–Trinajstić information content (AvgIpc) is 2.96. The molecule has 0 unspecified atom stereocenters. The number of aryl methyl sites for hydroxylation is 1. The van der Waals surface area contributed by atoms with Crippen molar-refractivity contribution in [1.82, 2.24) is 14.7 Å². The smallest absolute Gasteiger partial charge is 0.240 e. The lowest BCUT2D eigenvalue weighted by atomic mass is 9.82. The first kappa shape index (κ1) is 27.6. The maximum Gasteiger partial charge on any atom is 0.240 e. The van der Waals surface area contributed by atoms with E-state index in [0.717, 1.165) is 65.5 Å². The molecule has 0 saturated heterocycles. The quantitative estimate of drug-likeness (QED) is 0.181. The Hall–Kier alpha value is -3.01. The summed E-state index contributed by atoms with van der Waals surface area (Å²) in [6, 6.07) is 23.2. The number of hydrogen-bond donors (Lipinski definition) is 3. The van der Waals surface area contributed by atoms with Crippen molar-refractivity contribution in [3.63, 3.8) is 0 Å². The van der Waals surface area contributed by atoms with Gasteiger partial charge >= 0.3 is 0 Å². The van der Waals surface area contributed by atoms with Crippen LogP contribution in [0.25, 0.3) is 10.9 Å². The zero-order chi connectivity index (χ0) is 27.2. The number of hydrogen-bond acceptors (Lipinski definition) is 6. The van der Waals surface area contributed by atoms with E-state index in [9.17, 15) is 8.42 Å². The number of benzene rings is 3. The van der Waals surface area contributed by atoms with Crippen molar-refractivity contribution in [2.45, 2.75) is 43.9 Å². The van der Waals surface area contributed by atoms with Crippen LogP contribution in [0.15, 0.2) is 82.2 Å². The third-order valence-electron chi connectivity index (χ3n) is 7.43. The minimum atomic E-state index is -3.49. The Morgan fingerprint density at radius 2 is 1.51 bits per heavy atom. The van der Waals surface area contributed by atoms with E-state index in [2.05, 4.69) is 62.5 Å². The Balaban J connectivity index is 1.16. The van der Waals surface area contributed by atoms with E-state index in [1.165, 1.54) is 5.56 Å². The van der Waals surface area contributed by atoms with Crippen molar-refractivity contribution in [3.8, 4) is 0 Å². The Labute approximate surface area is 239 Å². The van der Waals surface area contributed by atoms with Gasteiger partial charge in [0, 0.05) is 28.6 Å². The molecule has 3 N–H and O–H groups in total. The van der Waals surface area contributed by atoms with Crippen LogP contribution < -0.4 is 15.4 Å². The van der Waals surface area contributed by atoms with Gasteiger partial charge in [-0.3, -0.25) is 0 Å². The Kier molecular flexibility index (Phi) is 8.79. The van der Waals surface area contributed by atoms with E-state index in [4.69, 9.17) is 9.97 Å². The van der Waals surface area contributed by atoms with Gasteiger partial charge < -0.3 is 10.6 Å². The maximum atomic E-state index is 12.6. The number of fused-ring (bicyclic) bond motifs is 1. The van der Waals surface area contributed by atoms with Crippen molar-refractivity contribution in [2.75, 3.05) is 23.7 Å². The SMILES string of the molecule is CCc1ccc(Nc2nc(NCC3CCC(CNS(=O)(=O)c4ccc(Br)cc4)CC3)nc3ccccc23)cc1. The molecule has 0 bridgehead atoms. The lowest BCUT2D eigenvalue weighted by molar-refractivity contribution is 0.284. The molecule has 1 fully saturated rings. The van der Waals surface area contributed by atoms with E-state index >= 15 is 0 Å². The van der Waals surface area contributed by atoms with Crippen LogP contribution in [0.5, 0.6) is 0 Å². The molecule has 1 heterocycles. The Morgan fingerprint density at radius 1 is 0.846 bits per heavy atom. The van der Waals surface area contributed by atoms with E-state index in [-0.39, 0.29) is 0 Å². The van der Waals surface area contributed by atoms with E-state index in [1.807, 2.05) is 24.3 Å². The predicted octanol–water partition coefficient (Wildman–Crippen LogP) is 6.90. The predicted molar refractivity (Wildman–Crippen MR) is 162 cm³/mol. The summed E-state index contributed by atoms with van der Waals surface area (Å²) in [5, 5.41) is 7.92. The van der Waals surface area contributed by atoms with Gasteiger partial charge in [0.05, 0.1) is 10.4 Å². The molecule has 0 atom stereocenters. The molecule has 39 heavy (non-hydrogen) atoms. The largest absolute Gasteiger partial charge is 0.354 e. The Morgan fingerprint density at radius 3 is 2.21 bits per heavy atom. The third kappa shape index (κ3) is 7.15. The third-order valence-corrected chi connectivity index (χ3v) is 9.40. The molecule has 0 spiro atoms. The molecule has 3 aromatic carbocycles. The minimum Gasteiger partial charge on any atom is -0.354 e. The highest BCUT2D eigenvalue weighted by Crippen LogP contribution is 2.30. The molecule has 0 radical (unpaired) electrons. The molecular weight excluding hydrogens is 574 g/mol. The lowest BCUT2D eigenvalue weighted by Crippen LogP contribution is -2.32. The number of sulfonamides is 1. The average molecular weight is 609 g/mol. The summed E-state index contributed by atoms with van der Waals surface area (Å²) in [7, 11) is -3.49. The molecule has 4 aromatic rings. The van der Waals surface area contributed by atoms with Gasteiger partial charge in [-0.1, -0.05) is 47.1 Å². The van der Waals surface area contributed by atoms with Crippen LogP contribution in [0.3, 0.4) is 0 Å². The number of nitrogens with one attached hydrogen (secondary N) is 3. The van der Waals surface area contributed by atoms with Gasteiger partial charge in [-0.15, -0.1) is 0 Å². The van der Waals surface area contributed by atoms with Crippen molar-refractivity contribution >= 4 is 54.3 Å². The number of nitrogens with zero attached hydrogens (tertiary/aromatic N) is 2. The fourth-order valence-electron chi connectivity index (χ4n) is 5.01. The summed E-state index contributed by atoms with van der Waals surface area (Å²) in [6.07, 6.45) is 5.08. The van der Waals surface area contributed by atoms with Crippen molar-refractivity contribution in [2.24, 2.45) is 11.8 Å². The number of para-hydroxylation sites is 1. The van der Waals surface area contributed by atoms with Crippen molar-refractivity contribution in [3.05, 3.63) is 82.8 Å². The molecular formula is C30H34BrN5O2S. The maximum absolute atomic E-state index is 12.6. The van der Waals surface area contributed by atoms with Crippen LogP contribution in [0, 0.1) is 11.8 Å². The van der Waals surface area contributed by atoms with Gasteiger partial charge in [0.2, 0.25) is 16.0 Å². The fourth-order valence-corrected chi connectivity index (χ4v) is 6.39. The summed E-state index contributed by atoms with van der Waals surface area (Å²) in [5.41, 5.74) is 3.19. The van der Waals surface area contributed by atoms with E-state index < -0.39 is 10.0 Å². The topological polar surface area (TPSA) is 96.0 Å². The van der Waals surface area contributed by atoms with Gasteiger partial charge in [0.25, 0.3) is 0 Å². The van der Waals surface area contributed by atoms with Gasteiger partial charge in [-0.05, 0) is 98.0 Å². The highest BCUT2D eigenvalue weighted by molar-refractivity contribution is 9.10. The number of halogens is 1. The molecule has 0 aliphatic heterocycles. The van der Waals surface area contributed by atoms with Crippen LogP contribution in [-0.2, 0) is 16.4 Å². The molecule has 1 aliphatic rings. The van der Waals surface area contributed by atoms with E-state index in [1.54, 1.807) is 24.3 Å². The molecule has 1 aromatic heterocycles. The van der Waals surface area contributed by atoms with Crippen LogP contribution in [0.2, 0.25) is 0 Å². The van der Waals surface area contributed by atoms with Gasteiger partial charge in [-0.25, -0.2) is 18.1 Å². The minimum absolute atomic E-state index is 0.297. The normalized spacial score (nSPS) is 17.7. The van der Waals surface area contributed by atoms with Crippen LogP contribution in [-0.4, -0.2) is 31.5 Å². The fraction of sp³-hybridized carbons (Fsp3) is 0.333. The molecule has 1 aliphatic carbocycles. The van der Waals surface area contributed by atoms with Gasteiger partial charge in [0.1, 0.15) is 5.82 Å². The number of rotatable bonds is 10. The van der Waals surface area contributed by atoms with E-state index in [0.29, 0.717) is 29.2 Å².